The number of aliphatic carboxylic acids is 1. The van der Waals surface area contributed by atoms with Gasteiger partial charge in [-0.2, -0.15) is 0 Å². The average Bonchev–Trinajstić information content (AvgIpc) is 2.79. The SMILES string of the molecule is CC(O)[C@H]1C(=O)N2C(C(=O)O)=C(SC3CN([C@H]4CCC[C@H](N)C4)C3)[C@H](C)[C@H]12. The molecule has 0 aromatic heterocycles. The number of nitrogens with zero attached hydrogens (tertiary/aromatic N) is 2. The van der Waals surface area contributed by atoms with Gasteiger partial charge < -0.3 is 20.8 Å². The number of β-lactam (4-membered cyclic amide) rings is 1. The second kappa shape index (κ2) is 7.06. The molecule has 1 saturated carbocycles. The van der Waals surface area contributed by atoms with E-state index in [9.17, 15) is 19.8 Å². The van der Waals surface area contributed by atoms with Crippen LogP contribution in [0.2, 0.25) is 0 Å². The number of hydrogen-bond acceptors (Lipinski definition) is 6. The third-order valence-electron chi connectivity index (χ3n) is 6.68. The number of thioether (sulfide) groups is 1. The van der Waals surface area contributed by atoms with Gasteiger partial charge in [0, 0.05) is 41.2 Å². The number of carboxylic acid groups (broad SMARTS) is 1. The first kappa shape index (κ1) is 19.2. The first-order chi connectivity index (χ1) is 12.8. The Labute approximate surface area is 163 Å². The predicted molar refractivity (Wildman–Crippen MR) is 103 cm³/mol. The number of carbonyl (C=O) groups is 2. The minimum Gasteiger partial charge on any atom is -0.477 e. The quantitative estimate of drug-likeness (QED) is 0.592. The Morgan fingerprint density at radius 3 is 2.63 bits per heavy atom. The number of nitrogens with two attached hydrogens (primary N) is 1. The van der Waals surface area contributed by atoms with Crippen molar-refractivity contribution < 1.29 is 19.8 Å². The van der Waals surface area contributed by atoms with Gasteiger partial charge in [-0.15, -0.1) is 11.8 Å². The van der Waals surface area contributed by atoms with Crippen LogP contribution < -0.4 is 5.73 Å². The molecule has 0 bridgehead atoms. The van der Waals surface area contributed by atoms with Crippen LogP contribution in [0.4, 0.5) is 0 Å². The lowest BCUT2D eigenvalue weighted by atomic mass is 9.79. The average molecular weight is 396 g/mol. The molecular weight excluding hydrogens is 366 g/mol. The normalized spacial score (nSPS) is 38.4. The summed E-state index contributed by atoms with van der Waals surface area (Å²) in [5.74, 6) is -1.84. The van der Waals surface area contributed by atoms with Crippen LogP contribution in [0.1, 0.15) is 39.5 Å². The van der Waals surface area contributed by atoms with E-state index in [1.165, 1.54) is 17.7 Å². The molecule has 0 aromatic carbocycles. The lowest BCUT2D eigenvalue weighted by molar-refractivity contribution is -0.163. The first-order valence-corrected chi connectivity index (χ1v) is 10.8. The van der Waals surface area contributed by atoms with Gasteiger partial charge >= 0.3 is 5.97 Å². The molecule has 0 spiro atoms. The highest BCUT2D eigenvalue weighted by Crippen LogP contribution is 2.52. The molecule has 4 aliphatic rings. The summed E-state index contributed by atoms with van der Waals surface area (Å²) in [7, 11) is 0. The molecule has 150 valence electrons. The minimum atomic E-state index is -1.04. The fraction of sp³-hybridized carbons (Fsp3) is 0.789. The first-order valence-electron chi connectivity index (χ1n) is 9.94. The third kappa shape index (κ3) is 3.10. The molecule has 1 amide bonds. The molecular formula is C19H29N3O4S. The van der Waals surface area contributed by atoms with Crippen LogP contribution in [0.5, 0.6) is 0 Å². The van der Waals surface area contributed by atoms with Crippen molar-refractivity contribution >= 4 is 23.6 Å². The highest BCUT2D eigenvalue weighted by Gasteiger charge is 2.60. The van der Waals surface area contributed by atoms with Gasteiger partial charge in [0.1, 0.15) is 5.70 Å². The Hall–Kier alpha value is -1.09. The van der Waals surface area contributed by atoms with Crippen LogP contribution in [0.15, 0.2) is 10.6 Å². The monoisotopic (exact) mass is 395 g/mol. The number of amides is 1. The molecule has 1 aliphatic carbocycles. The number of aliphatic hydroxyl groups is 1. The molecule has 3 heterocycles. The van der Waals surface area contributed by atoms with Gasteiger partial charge in [0.2, 0.25) is 5.91 Å². The van der Waals surface area contributed by atoms with Crippen LogP contribution in [0.25, 0.3) is 0 Å². The number of fused-ring (bicyclic) bond motifs is 1. The van der Waals surface area contributed by atoms with Crippen molar-refractivity contribution in [2.75, 3.05) is 13.1 Å². The summed E-state index contributed by atoms with van der Waals surface area (Å²) in [5.41, 5.74) is 6.24. The number of rotatable bonds is 5. The van der Waals surface area contributed by atoms with Gasteiger partial charge in [0.25, 0.3) is 0 Å². The summed E-state index contributed by atoms with van der Waals surface area (Å²) in [6.07, 6.45) is 3.80. The molecule has 3 fully saturated rings. The van der Waals surface area contributed by atoms with Gasteiger partial charge in [-0.25, -0.2) is 4.79 Å². The molecule has 27 heavy (non-hydrogen) atoms. The summed E-state index contributed by atoms with van der Waals surface area (Å²) in [6, 6.07) is 0.637. The maximum Gasteiger partial charge on any atom is 0.353 e. The molecule has 4 rings (SSSR count). The summed E-state index contributed by atoms with van der Waals surface area (Å²) >= 11 is 1.62. The standard InChI is InChI=1S/C19H29N3O4S/c1-9-15-14(10(2)23)18(24)22(15)16(19(25)26)17(9)27-13-7-21(8-13)12-5-3-4-11(20)6-12/h9-15,23H,3-8,20H2,1-2H3,(H,25,26)/t9-,10?,11+,12+,14-,15-/m1/s1. The number of aliphatic hydroxyl groups excluding tert-OH is 1. The Kier molecular flexibility index (Phi) is 5.03. The molecule has 8 heteroatoms. The van der Waals surface area contributed by atoms with Crippen LogP contribution in [0, 0.1) is 11.8 Å². The molecule has 7 nitrogen and oxygen atoms in total. The van der Waals surface area contributed by atoms with Crippen LogP contribution >= 0.6 is 11.8 Å². The predicted octanol–water partition coefficient (Wildman–Crippen LogP) is 0.827. The molecule has 3 aliphatic heterocycles. The zero-order valence-corrected chi connectivity index (χ0v) is 16.7. The maximum atomic E-state index is 12.4. The van der Waals surface area contributed by atoms with E-state index >= 15 is 0 Å². The molecule has 6 atom stereocenters. The van der Waals surface area contributed by atoms with Crippen molar-refractivity contribution in [3.63, 3.8) is 0 Å². The topological polar surface area (TPSA) is 107 Å². The Bertz CT molecular complexity index is 676. The summed E-state index contributed by atoms with van der Waals surface area (Å²) in [4.78, 5) is 28.9. The molecule has 0 radical (unpaired) electrons. The molecule has 4 N–H and O–H groups in total. The zero-order chi connectivity index (χ0) is 19.5. The van der Waals surface area contributed by atoms with Crippen LogP contribution in [-0.2, 0) is 9.59 Å². The van der Waals surface area contributed by atoms with Crippen molar-refractivity contribution in [2.24, 2.45) is 17.6 Å². The fourth-order valence-electron chi connectivity index (χ4n) is 5.23. The summed E-state index contributed by atoms with van der Waals surface area (Å²) in [6.45, 7) is 5.48. The minimum absolute atomic E-state index is 0.0458. The van der Waals surface area contributed by atoms with Crippen LogP contribution in [-0.4, -0.2) is 74.5 Å². The number of hydrogen-bond donors (Lipinski definition) is 3. The Balaban J connectivity index is 1.43. The van der Waals surface area contributed by atoms with Gasteiger partial charge in [0.15, 0.2) is 0 Å². The molecule has 0 aromatic rings. The van der Waals surface area contributed by atoms with E-state index in [4.69, 9.17) is 5.73 Å². The van der Waals surface area contributed by atoms with Crippen molar-refractivity contribution in [3.8, 4) is 0 Å². The number of carbonyl (C=O) groups excluding carboxylic acids is 1. The van der Waals surface area contributed by atoms with Crippen LogP contribution in [0.3, 0.4) is 0 Å². The molecule has 1 unspecified atom stereocenters. The van der Waals surface area contributed by atoms with E-state index in [1.54, 1.807) is 18.7 Å². The maximum absolute atomic E-state index is 12.4. The molecule has 2 saturated heterocycles. The van der Waals surface area contributed by atoms with Gasteiger partial charge in [-0.1, -0.05) is 13.3 Å². The summed E-state index contributed by atoms with van der Waals surface area (Å²) in [5, 5.41) is 20.0. The van der Waals surface area contributed by atoms with Crippen molar-refractivity contribution in [1.82, 2.24) is 9.80 Å². The van der Waals surface area contributed by atoms with E-state index in [2.05, 4.69) is 4.90 Å². The van der Waals surface area contributed by atoms with Crippen molar-refractivity contribution in [2.45, 2.75) is 69.0 Å². The summed E-state index contributed by atoms with van der Waals surface area (Å²) < 4.78 is 0. The van der Waals surface area contributed by atoms with Crippen molar-refractivity contribution in [3.05, 3.63) is 10.6 Å². The third-order valence-corrected chi connectivity index (χ3v) is 8.14. The van der Waals surface area contributed by atoms with E-state index < -0.39 is 18.0 Å². The second-order valence-electron chi connectivity index (χ2n) is 8.55. The number of likely N-dealkylation sites (tertiary alicyclic amines) is 1. The lowest BCUT2D eigenvalue weighted by Crippen LogP contribution is -2.63. The Morgan fingerprint density at radius 1 is 1.33 bits per heavy atom. The van der Waals surface area contributed by atoms with E-state index in [-0.39, 0.29) is 23.6 Å². The lowest BCUT2D eigenvalue weighted by Gasteiger charge is -2.47. The Morgan fingerprint density at radius 2 is 2.04 bits per heavy atom. The fourth-order valence-corrected chi connectivity index (χ4v) is 6.78. The van der Waals surface area contributed by atoms with E-state index in [0.717, 1.165) is 30.8 Å². The van der Waals surface area contributed by atoms with E-state index in [1.807, 2.05) is 6.92 Å². The second-order valence-corrected chi connectivity index (χ2v) is 9.89. The van der Waals surface area contributed by atoms with Gasteiger partial charge in [0.05, 0.1) is 18.1 Å². The van der Waals surface area contributed by atoms with E-state index in [0.29, 0.717) is 17.3 Å². The van der Waals surface area contributed by atoms with Crippen molar-refractivity contribution in [1.29, 1.82) is 0 Å². The largest absolute Gasteiger partial charge is 0.477 e. The highest BCUT2D eigenvalue weighted by molar-refractivity contribution is 8.03. The van der Waals surface area contributed by atoms with Gasteiger partial charge in [-0.05, 0) is 26.2 Å². The smallest absolute Gasteiger partial charge is 0.353 e. The number of carboxylic acids is 1. The van der Waals surface area contributed by atoms with Gasteiger partial charge in [-0.3, -0.25) is 9.69 Å². The highest BCUT2D eigenvalue weighted by atomic mass is 32.2. The zero-order valence-electron chi connectivity index (χ0n) is 15.9.